The van der Waals surface area contributed by atoms with Gasteiger partial charge in [0.05, 0.1) is 12.2 Å². The maximum atomic E-state index is 12.1. The molecule has 0 aromatic rings. The van der Waals surface area contributed by atoms with E-state index in [0.29, 0.717) is 17.8 Å². The van der Waals surface area contributed by atoms with Crippen LogP contribution in [0, 0.1) is 5.41 Å². The second-order valence-corrected chi connectivity index (χ2v) is 8.26. The summed E-state index contributed by atoms with van der Waals surface area (Å²) in [4.78, 5) is 23.3. The maximum Gasteiger partial charge on any atom is 0.340 e. The normalized spacial score (nSPS) is 20.1. The van der Waals surface area contributed by atoms with E-state index in [1.807, 2.05) is 33.9 Å². The van der Waals surface area contributed by atoms with E-state index in [0.717, 1.165) is 0 Å². The Hall–Kier alpha value is -1.14. The second-order valence-electron chi connectivity index (χ2n) is 6.16. The first-order chi connectivity index (χ1) is 9.11. The number of cyclic esters (lactones) is 1. The lowest BCUT2D eigenvalue weighted by molar-refractivity contribution is -0.155. The molecule has 113 valence electrons. The Labute approximate surface area is 122 Å². The molecular weight excluding hydrogens is 276 g/mol. The number of esters is 2. The molecule has 1 radical (unpaired) electrons. The van der Waals surface area contributed by atoms with Crippen LogP contribution in [-0.4, -0.2) is 33.7 Å². The summed E-state index contributed by atoms with van der Waals surface area (Å²) in [5, 5.41) is 0. The van der Waals surface area contributed by atoms with Gasteiger partial charge in [0.15, 0.2) is 0 Å². The number of carbonyl (C=O) groups excluding carboxylic acids is 2. The van der Waals surface area contributed by atoms with E-state index in [1.165, 1.54) is 6.92 Å². The molecule has 0 bridgehead atoms. The molecule has 5 nitrogen and oxygen atoms in total. The lowest BCUT2D eigenvalue weighted by atomic mass is 9.85. The fourth-order valence-electron chi connectivity index (χ4n) is 1.76. The van der Waals surface area contributed by atoms with Gasteiger partial charge in [-0.2, -0.15) is 0 Å². The van der Waals surface area contributed by atoms with Crippen molar-refractivity contribution in [1.29, 1.82) is 0 Å². The number of hydrogen-bond acceptors (Lipinski definition) is 5. The summed E-state index contributed by atoms with van der Waals surface area (Å²) in [5.74, 6) is -0.494. The molecule has 1 heterocycles. The quantitative estimate of drug-likeness (QED) is 0.589. The van der Waals surface area contributed by atoms with E-state index in [4.69, 9.17) is 13.9 Å². The van der Waals surface area contributed by atoms with Gasteiger partial charge < -0.3 is 13.9 Å². The third-order valence-corrected chi connectivity index (χ3v) is 3.66. The Balaban J connectivity index is 3.00. The van der Waals surface area contributed by atoms with Crippen LogP contribution in [0.1, 0.15) is 34.1 Å². The summed E-state index contributed by atoms with van der Waals surface area (Å²) in [6.07, 6.45) is 0.101. The van der Waals surface area contributed by atoms with Crippen molar-refractivity contribution in [2.45, 2.75) is 53.3 Å². The highest BCUT2D eigenvalue weighted by atomic mass is 28.3. The Bertz CT molecular complexity index is 420. The van der Waals surface area contributed by atoms with Gasteiger partial charge in [0.2, 0.25) is 9.04 Å². The van der Waals surface area contributed by atoms with Crippen LogP contribution in [-0.2, 0) is 23.5 Å². The number of hydrogen-bond donors (Lipinski definition) is 0. The van der Waals surface area contributed by atoms with Crippen LogP contribution in [0.25, 0.3) is 0 Å². The molecule has 0 spiro atoms. The minimum Gasteiger partial charge on any atom is -0.458 e. The van der Waals surface area contributed by atoms with Gasteiger partial charge in [-0.15, -0.1) is 0 Å². The van der Waals surface area contributed by atoms with Crippen molar-refractivity contribution in [3.05, 3.63) is 11.3 Å². The fourth-order valence-corrected chi connectivity index (χ4v) is 2.20. The van der Waals surface area contributed by atoms with Gasteiger partial charge >= 0.3 is 11.9 Å². The monoisotopic (exact) mass is 299 g/mol. The SMILES string of the molecule is CC(=O)OC1=C(CO[Si](C)C)C(=O)OC(C(C)(C)C)C1. The van der Waals surface area contributed by atoms with E-state index >= 15 is 0 Å². The highest BCUT2D eigenvalue weighted by Crippen LogP contribution is 2.33. The summed E-state index contributed by atoms with van der Waals surface area (Å²) in [5.41, 5.74) is 0.115. The minimum absolute atomic E-state index is 0.138. The van der Waals surface area contributed by atoms with Gasteiger partial charge in [-0.25, -0.2) is 4.79 Å². The topological polar surface area (TPSA) is 61.8 Å². The summed E-state index contributed by atoms with van der Waals surface area (Å²) in [7, 11) is -0.932. The van der Waals surface area contributed by atoms with Crippen LogP contribution in [0.4, 0.5) is 0 Å². The number of rotatable bonds is 4. The summed E-state index contributed by atoms with van der Waals surface area (Å²) >= 11 is 0. The zero-order valence-corrected chi connectivity index (χ0v) is 14.0. The van der Waals surface area contributed by atoms with Crippen molar-refractivity contribution < 1.29 is 23.5 Å². The number of carbonyl (C=O) groups is 2. The van der Waals surface area contributed by atoms with E-state index < -0.39 is 21.0 Å². The molecule has 0 aromatic heterocycles. The standard InChI is InChI=1S/C14H23O5Si/c1-9(15)18-11-7-12(14(2,3)4)19-13(16)10(11)8-17-20(5)6/h12H,7-8H2,1-6H3. The first-order valence-corrected chi connectivity index (χ1v) is 9.06. The van der Waals surface area contributed by atoms with Crippen molar-refractivity contribution in [2.24, 2.45) is 5.41 Å². The molecule has 6 heteroatoms. The van der Waals surface area contributed by atoms with Gasteiger partial charge in [0.25, 0.3) is 0 Å². The van der Waals surface area contributed by atoms with Crippen LogP contribution in [0.15, 0.2) is 11.3 Å². The van der Waals surface area contributed by atoms with Gasteiger partial charge in [0.1, 0.15) is 11.9 Å². The second kappa shape index (κ2) is 6.54. The smallest absolute Gasteiger partial charge is 0.340 e. The average molecular weight is 299 g/mol. The molecule has 0 aliphatic carbocycles. The predicted molar refractivity (Wildman–Crippen MR) is 76.2 cm³/mol. The van der Waals surface area contributed by atoms with Gasteiger partial charge in [-0.3, -0.25) is 4.79 Å². The Kier molecular flexibility index (Phi) is 5.53. The van der Waals surface area contributed by atoms with Crippen molar-refractivity contribution in [3.8, 4) is 0 Å². The van der Waals surface area contributed by atoms with Crippen LogP contribution in [0.5, 0.6) is 0 Å². The lowest BCUT2D eigenvalue weighted by Gasteiger charge is -2.34. The molecule has 0 saturated carbocycles. The fraction of sp³-hybridized carbons (Fsp3) is 0.714. The van der Waals surface area contributed by atoms with E-state index in [2.05, 4.69) is 0 Å². The van der Waals surface area contributed by atoms with Crippen LogP contribution >= 0.6 is 0 Å². The molecule has 0 saturated heterocycles. The van der Waals surface area contributed by atoms with E-state index in [1.54, 1.807) is 0 Å². The molecule has 0 aromatic carbocycles. The lowest BCUT2D eigenvalue weighted by Crippen LogP contribution is -2.38. The van der Waals surface area contributed by atoms with E-state index in [-0.39, 0.29) is 18.1 Å². The zero-order chi connectivity index (χ0) is 15.5. The molecule has 0 fully saturated rings. The molecule has 1 aliphatic rings. The van der Waals surface area contributed by atoms with Crippen LogP contribution in [0.2, 0.25) is 13.1 Å². The molecule has 1 aliphatic heterocycles. The third kappa shape index (κ3) is 4.75. The largest absolute Gasteiger partial charge is 0.458 e. The van der Waals surface area contributed by atoms with Crippen LogP contribution in [0.3, 0.4) is 0 Å². The average Bonchev–Trinajstić information content (AvgIpc) is 2.24. The molecule has 0 amide bonds. The first-order valence-electron chi connectivity index (χ1n) is 6.65. The third-order valence-electron chi connectivity index (χ3n) is 2.94. The molecular formula is C14H23O5Si. The minimum atomic E-state index is -0.932. The summed E-state index contributed by atoms with van der Waals surface area (Å²) < 4.78 is 16.2. The molecule has 0 N–H and O–H groups in total. The summed E-state index contributed by atoms with van der Waals surface area (Å²) in [6, 6.07) is 0. The Morgan fingerprint density at radius 2 is 2.00 bits per heavy atom. The first kappa shape index (κ1) is 16.9. The number of ether oxygens (including phenoxy) is 2. The Morgan fingerprint density at radius 1 is 1.40 bits per heavy atom. The van der Waals surface area contributed by atoms with Gasteiger partial charge in [0, 0.05) is 13.3 Å². The molecule has 20 heavy (non-hydrogen) atoms. The maximum absolute atomic E-state index is 12.1. The van der Waals surface area contributed by atoms with Crippen molar-refractivity contribution >= 4 is 21.0 Å². The highest BCUT2D eigenvalue weighted by Gasteiger charge is 2.37. The predicted octanol–water partition coefficient (Wildman–Crippen LogP) is 2.43. The van der Waals surface area contributed by atoms with Crippen molar-refractivity contribution in [1.82, 2.24) is 0 Å². The summed E-state index contributed by atoms with van der Waals surface area (Å²) in [6.45, 7) is 11.4. The van der Waals surface area contributed by atoms with Crippen molar-refractivity contribution in [3.63, 3.8) is 0 Å². The van der Waals surface area contributed by atoms with Crippen molar-refractivity contribution in [2.75, 3.05) is 6.61 Å². The van der Waals surface area contributed by atoms with Gasteiger partial charge in [-0.05, 0) is 18.5 Å². The van der Waals surface area contributed by atoms with Crippen LogP contribution < -0.4 is 0 Å². The van der Waals surface area contributed by atoms with E-state index in [9.17, 15) is 9.59 Å². The highest BCUT2D eigenvalue weighted by molar-refractivity contribution is 6.48. The zero-order valence-electron chi connectivity index (χ0n) is 13.0. The molecule has 1 atom stereocenters. The van der Waals surface area contributed by atoms with Gasteiger partial charge in [-0.1, -0.05) is 20.8 Å². The Morgan fingerprint density at radius 3 is 2.45 bits per heavy atom. The molecule has 1 unspecified atom stereocenters. The molecule has 1 rings (SSSR count).